The molecule has 112 valence electrons. The molecule has 2 rings (SSSR count). The maximum absolute atomic E-state index is 9.90. The van der Waals surface area contributed by atoms with Gasteiger partial charge in [0.1, 0.15) is 0 Å². The van der Waals surface area contributed by atoms with Gasteiger partial charge in [0.2, 0.25) is 0 Å². The third kappa shape index (κ3) is 5.57. The minimum atomic E-state index is -0.446. The molecule has 1 heterocycles. The highest BCUT2D eigenvalue weighted by Gasteiger charge is 2.19. The van der Waals surface area contributed by atoms with Gasteiger partial charge in [0.25, 0.3) is 0 Å². The van der Waals surface area contributed by atoms with Crippen LogP contribution >= 0.6 is 0 Å². The van der Waals surface area contributed by atoms with E-state index in [1.54, 1.807) is 6.20 Å². The summed E-state index contributed by atoms with van der Waals surface area (Å²) in [5.74, 6) is 0.833. The van der Waals surface area contributed by atoms with Crippen molar-refractivity contribution in [2.75, 3.05) is 13.2 Å². The molecule has 0 radical (unpaired) electrons. The van der Waals surface area contributed by atoms with Gasteiger partial charge in [-0.25, -0.2) is 0 Å². The van der Waals surface area contributed by atoms with Crippen LogP contribution < -0.4 is 5.32 Å². The summed E-state index contributed by atoms with van der Waals surface area (Å²) >= 11 is 0. The van der Waals surface area contributed by atoms with Crippen molar-refractivity contribution in [1.82, 2.24) is 10.3 Å². The Balaban J connectivity index is 1.55. The van der Waals surface area contributed by atoms with Gasteiger partial charge in [-0.2, -0.15) is 0 Å². The molecule has 20 heavy (non-hydrogen) atoms. The minimum Gasteiger partial charge on any atom is -0.389 e. The Morgan fingerprint density at radius 2 is 2.15 bits per heavy atom. The molecule has 1 aliphatic carbocycles. The Morgan fingerprint density at radius 3 is 2.85 bits per heavy atom. The average Bonchev–Trinajstić information content (AvgIpc) is 2.48. The fourth-order valence-corrected chi connectivity index (χ4v) is 2.57. The minimum absolute atomic E-state index is 0.344. The first-order valence-electron chi connectivity index (χ1n) is 7.64. The van der Waals surface area contributed by atoms with Gasteiger partial charge >= 0.3 is 0 Å². The number of pyridine rings is 1. The molecule has 0 bridgehead atoms. The number of nitrogens with zero attached hydrogens (tertiary/aromatic N) is 1. The van der Waals surface area contributed by atoms with Gasteiger partial charge in [-0.3, -0.25) is 4.98 Å². The van der Waals surface area contributed by atoms with Crippen LogP contribution in [0, 0.1) is 5.92 Å². The highest BCUT2D eigenvalue weighted by Crippen LogP contribution is 2.25. The fraction of sp³-hybridized carbons (Fsp3) is 0.688. The number of aliphatic hydroxyl groups is 1. The monoisotopic (exact) mass is 278 g/mol. The molecule has 0 spiro atoms. The van der Waals surface area contributed by atoms with Crippen molar-refractivity contribution in [1.29, 1.82) is 0 Å². The number of aliphatic hydroxyl groups excluding tert-OH is 1. The molecular weight excluding hydrogens is 252 g/mol. The quantitative estimate of drug-likeness (QED) is 0.802. The van der Waals surface area contributed by atoms with Gasteiger partial charge in [0, 0.05) is 19.3 Å². The molecule has 2 N–H and O–H groups in total. The van der Waals surface area contributed by atoms with E-state index in [0.29, 0.717) is 25.8 Å². The predicted octanol–water partition coefficient (Wildman–Crippen LogP) is 2.13. The van der Waals surface area contributed by atoms with Crippen molar-refractivity contribution >= 4 is 0 Å². The van der Waals surface area contributed by atoms with Gasteiger partial charge in [0.05, 0.1) is 24.5 Å². The predicted molar refractivity (Wildman–Crippen MR) is 79.3 cm³/mol. The maximum atomic E-state index is 9.90. The summed E-state index contributed by atoms with van der Waals surface area (Å²) < 4.78 is 5.79. The van der Waals surface area contributed by atoms with Crippen molar-refractivity contribution < 1.29 is 9.84 Å². The smallest absolute Gasteiger partial charge is 0.0897 e. The third-order valence-corrected chi connectivity index (χ3v) is 3.90. The molecule has 1 atom stereocenters. The van der Waals surface area contributed by atoms with E-state index in [1.165, 1.54) is 12.8 Å². The van der Waals surface area contributed by atoms with E-state index in [1.807, 2.05) is 18.2 Å². The molecule has 1 saturated carbocycles. The summed E-state index contributed by atoms with van der Waals surface area (Å²) in [6.45, 7) is 3.94. The van der Waals surface area contributed by atoms with Crippen LogP contribution in [0.15, 0.2) is 24.4 Å². The first kappa shape index (κ1) is 15.4. The molecule has 0 saturated heterocycles. The van der Waals surface area contributed by atoms with Crippen LogP contribution in [0.3, 0.4) is 0 Å². The zero-order valence-electron chi connectivity index (χ0n) is 12.3. The second-order valence-electron chi connectivity index (χ2n) is 5.82. The van der Waals surface area contributed by atoms with Crippen LogP contribution in [0.4, 0.5) is 0 Å². The Kier molecular flexibility index (Phi) is 6.43. The number of rotatable bonds is 7. The van der Waals surface area contributed by atoms with Crippen molar-refractivity contribution in [3.63, 3.8) is 0 Å². The standard InChI is InChI=1S/C16H26N2O2/c1-13-5-7-16(8-6-13)20-12-15(19)11-17-10-14-4-2-3-9-18-14/h2-4,9,13,15-17,19H,5-8,10-12H2,1H3. The van der Waals surface area contributed by atoms with Crippen molar-refractivity contribution in [2.45, 2.75) is 51.4 Å². The van der Waals surface area contributed by atoms with Crippen molar-refractivity contribution in [3.05, 3.63) is 30.1 Å². The lowest BCUT2D eigenvalue weighted by Gasteiger charge is -2.27. The molecule has 1 aromatic heterocycles. The van der Waals surface area contributed by atoms with Gasteiger partial charge in [0.15, 0.2) is 0 Å². The van der Waals surface area contributed by atoms with Crippen molar-refractivity contribution in [3.8, 4) is 0 Å². The number of nitrogens with one attached hydrogen (secondary N) is 1. The van der Waals surface area contributed by atoms with Crippen LogP contribution in [0.25, 0.3) is 0 Å². The van der Waals surface area contributed by atoms with E-state index in [-0.39, 0.29) is 0 Å². The van der Waals surface area contributed by atoms with Gasteiger partial charge in [-0.05, 0) is 43.7 Å². The van der Waals surface area contributed by atoms with E-state index in [0.717, 1.165) is 24.5 Å². The first-order valence-corrected chi connectivity index (χ1v) is 7.64. The lowest BCUT2D eigenvalue weighted by molar-refractivity contribution is -0.0278. The molecule has 4 heteroatoms. The molecule has 0 aromatic carbocycles. The Bertz CT molecular complexity index is 364. The van der Waals surface area contributed by atoms with Crippen LogP contribution in [-0.4, -0.2) is 35.5 Å². The number of aromatic nitrogens is 1. The highest BCUT2D eigenvalue weighted by molar-refractivity contribution is 5.02. The molecule has 1 fully saturated rings. The first-order chi connectivity index (χ1) is 9.74. The molecule has 4 nitrogen and oxygen atoms in total. The molecule has 1 aliphatic rings. The Hall–Kier alpha value is -0.970. The molecule has 1 aromatic rings. The maximum Gasteiger partial charge on any atom is 0.0897 e. The van der Waals surface area contributed by atoms with Crippen LogP contribution in [0.5, 0.6) is 0 Å². The number of hydrogen-bond donors (Lipinski definition) is 2. The largest absolute Gasteiger partial charge is 0.389 e. The molecular formula is C16H26N2O2. The van der Waals surface area contributed by atoms with E-state index in [9.17, 15) is 5.11 Å². The summed E-state index contributed by atoms with van der Waals surface area (Å²) in [4.78, 5) is 4.23. The average molecular weight is 278 g/mol. The lowest BCUT2D eigenvalue weighted by atomic mass is 9.89. The van der Waals surface area contributed by atoms with Gasteiger partial charge in [-0.1, -0.05) is 13.0 Å². The van der Waals surface area contributed by atoms with Gasteiger partial charge < -0.3 is 15.2 Å². The van der Waals surface area contributed by atoms with Crippen LogP contribution in [-0.2, 0) is 11.3 Å². The third-order valence-electron chi connectivity index (χ3n) is 3.90. The summed E-state index contributed by atoms with van der Waals surface area (Å²) in [7, 11) is 0. The van der Waals surface area contributed by atoms with Crippen LogP contribution in [0.2, 0.25) is 0 Å². The van der Waals surface area contributed by atoms with E-state index in [2.05, 4.69) is 17.2 Å². The van der Waals surface area contributed by atoms with E-state index >= 15 is 0 Å². The zero-order valence-corrected chi connectivity index (χ0v) is 12.3. The summed E-state index contributed by atoms with van der Waals surface area (Å²) in [6.07, 6.45) is 6.44. The second kappa shape index (κ2) is 8.35. The highest BCUT2D eigenvalue weighted by atomic mass is 16.5. The summed E-state index contributed by atoms with van der Waals surface area (Å²) in [6, 6.07) is 5.84. The molecule has 1 unspecified atom stereocenters. The van der Waals surface area contributed by atoms with E-state index < -0.39 is 6.10 Å². The van der Waals surface area contributed by atoms with Crippen LogP contribution in [0.1, 0.15) is 38.3 Å². The summed E-state index contributed by atoms with van der Waals surface area (Å²) in [5.41, 5.74) is 0.988. The SMILES string of the molecule is CC1CCC(OCC(O)CNCc2ccccn2)CC1. The Morgan fingerprint density at radius 1 is 1.35 bits per heavy atom. The van der Waals surface area contributed by atoms with Gasteiger partial charge in [-0.15, -0.1) is 0 Å². The number of hydrogen-bond acceptors (Lipinski definition) is 4. The topological polar surface area (TPSA) is 54.4 Å². The van der Waals surface area contributed by atoms with Crippen molar-refractivity contribution in [2.24, 2.45) is 5.92 Å². The summed E-state index contributed by atoms with van der Waals surface area (Å²) in [5, 5.41) is 13.1. The molecule has 0 aliphatic heterocycles. The normalized spacial score (nSPS) is 24.5. The zero-order chi connectivity index (χ0) is 14.2. The number of ether oxygens (including phenoxy) is 1. The van der Waals surface area contributed by atoms with E-state index in [4.69, 9.17) is 4.74 Å². The Labute approximate surface area is 121 Å². The molecule has 0 amide bonds. The second-order valence-corrected chi connectivity index (χ2v) is 5.82. The lowest BCUT2D eigenvalue weighted by Crippen LogP contribution is -2.32. The fourth-order valence-electron chi connectivity index (χ4n) is 2.57.